The van der Waals surface area contributed by atoms with Crippen LogP contribution in [0.4, 0.5) is 24.8 Å². The number of aliphatic hydroxyl groups is 1. The molecule has 0 saturated carbocycles. The van der Waals surface area contributed by atoms with E-state index in [2.05, 4.69) is 15.3 Å². The Kier molecular flexibility index (Phi) is 5.14. The maximum absolute atomic E-state index is 12.4. The highest BCUT2D eigenvalue weighted by atomic mass is 19.4. The van der Waals surface area contributed by atoms with Crippen molar-refractivity contribution in [1.29, 1.82) is 0 Å². The Labute approximate surface area is 103 Å². The van der Waals surface area contributed by atoms with Gasteiger partial charge >= 0.3 is 6.18 Å². The number of anilines is 2. The third kappa shape index (κ3) is 4.74. The number of hydrogen-bond donors (Lipinski definition) is 2. The van der Waals surface area contributed by atoms with E-state index in [1.807, 2.05) is 6.92 Å². The van der Waals surface area contributed by atoms with Crippen molar-refractivity contribution in [2.45, 2.75) is 13.1 Å². The summed E-state index contributed by atoms with van der Waals surface area (Å²) in [4.78, 5) is 8.77. The first-order chi connectivity index (χ1) is 8.46. The van der Waals surface area contributed by atoms with Crippen LogP contribution in [0.3, 0.4) is 0 Å². The summed E-state index contributed by atoms with van der Waals surface area (Å²) in [6, 6.07) is 0. The van der Waals surface area contributed by atoms with E-state index in [-0.39, 0.29) is 19.0 Å². The van der Waals surface area contributed by atoms with Crippen LogP contribution in [-0.4, -0.2) is 47.5 Å². The maximum Gasteiger partial charge on any atom is 0.405 e. The fraction of sp³-hybridized carbons (Fsp3) is 0.600. The summed E-state index contributed by atoms with van der Waals surface area (Å²) in [5.74, 6) is 0.486. The molecule has 0 saturated heterocycles. The van der Waals surface area contributed by atoms with E-state index >= 15 is 0 Å². The van der Waals surface area contributed by atoms with E-state index in [9.17, 15) is 13.2 Å². The first kappa shape index (κ1) is 14.5. The molecule has 0 aromatic carbocycles. The Balaban J connectivity index is 2.87. The van der Waals surface area contributed by atoms with Crippen LogP contribution >= 0.6 is 0 Å². The molecule has 0 aliphatic rings. The summed E-state index contributed by atoms with van der Waals surface area (Å²) in [6.07, 6.45) is -1.69. The number of halogens is 3. The highest BCUT2D eigenvalue weighted by Gasteiger charge is 2.31. The van der Waals surface area contributed by atoms with Crippen molar-refractivity contribution >= 4 is 11.6 Å². The zero-order chi connectivity index (χ0) is 13.6. The van der Waals surface area contributed by atoms with Crippen molar-refractivity contribution in [2.75, 3.05) is 36.5 Å². The Morgan fingerprint density at radius 2 is 2.11 bits per heavy atom. The summed E-state index contributed by atoms with van der Waals surface area (Å²) in [5, 5.41) is 11.7. The van der Waals surface area contributed by atoms with Gasteiger partial charge in [-0.3, -0.25) is 4.98 Å². The lowest BCUT2D eigenvalue weighted by molar-refractivity contribution is -0.120. The van der Waals surface area contributed by atoms with Crippen LogP contribution in [0.5, 0.6) is 0 Å². The normalized spacial score (nSPS) is 11.4. The molecule has 1 aromatic rings. The number of aliphatic hydroxyl groups excluding tert-OH is 1. The molecule has 0 unspecified atom stereocenters. The molecule has 0 fully saturated rings. The second-order valence-electron chi connectivity index (χ2n) is 3.55. The largest absolute Gasteiger partial charge is 0.405 e. The quantitative estimate of drug-likeness (QED) is 0.810. The average molecular weight is 264 g/mol. The van der Waals surface area contributed by atoms with Gasteiger partial charge in [-0.05, 0) is 6.92 Å². The number of aromatic nitrogens is 2. The van der Waals surface area contributed by atoms with Gasteiger partial charge in [-0.1, -0.05) is 0 Å². The van der Waals surface area contributed by atoms with E-state index in [1.165, 1.54) is 12.4 Å². The Morgan fingerprint density at radius 3 is 2.67 bits per heavy atom. The summed E-state index contributed by atoms with van der Waals surface area (Å²) >= 11 is 0. The smallest absolute Gasteiger partial charge is 0.395 e. The van der Waals surface area contributed by atoms with Crippen molar-refractivity contribution in [2.24, 2.45) is 0 Å². The Morgan fingerprint density at radius 1 is 1.39 bits per heavy atom. The number of hydrogen-bond acceptors (Lipinski definition) is 5. The molecule has 0 bridgehead atoms. The number of nitrogens with zero attached hydrogens (tertiary/aromatic N) is 3. The van der Waals surface area contributed by atoms with Crippen LogP contribution in [0.25, 0.3) is 0 Å². The van der Waals surface area contributed by atoms with Gasteiger partial charge in [-0.15, -0.1) is 0 Å². The minimum atomic E-state index is -4.36. The van der Waals surface area contributed by atoms with Crippen molar-refractivity contribution in [3.8, 4) is 0 Å². The highest BCUT2D eigenvalue weighted by molar-refractivity contribution is 5.43. The van der Waals surface area contributed by atoms with Gasteiger partial charge in [-0.25, -0.2) is 4.98 Å². The second-order valence-corrected chi connectivity index (χ2v) is 3.55. The lowest BCUT2D eigenvalue weighted by Crippen LogP contribution is -2.37. The lowest BCUT2D eigenvalue weighted by atomic mass is 10.4. The molecule has 5 nitrogen and oxygen atoms in total. The molecule has 1 aromatic heterocycles. The minimum Gasteiger partial charge on any atom is -0.395 e. The van der Waals surface area contributed by atoms with Crippen molar-refractivity contribution in [1.82, 2.24) is 9.97 Å². The number of rotatable bonds is 6. The fourth-order valence-electron chi connectivity index (χ4n) is 1.39. The van der Waals surface area contributed by atoms with Crippen molar-refractivity contribution in [3.63, 3.8) is 0 Å². The molecule has 1 heterocycles. The molecule has 0 aliphatic carbocycles. The Hall–Kier alpha value is -1.57. The van der Waals surface area contributed by atoms with E-state index in [4.69, 9.17) is 5.11 Å². The van der Waals surface area contributed by atoms with Gasteiger partial charge in [0.05, 0.1) is 19.0 Å². The molecule has 18 heavy (non-hydrogen) atoms. The average Bonchev–Trinajstić information content (AvgIpc) is 2.28. The summed E-state index contributed by atoms with van der Waals surface area (Å²) in [5.41, 5.74) is 0. The molecular weight excluding hydrogens is 249 g/mol. The number of nitrogens with one attached hydrogen (secondary N) is 1. The standard InChI is InChI=1S/C10H15F3N4O/c1-2-15-8-5-14-6-9(16-8)17(3-4-18)7-10(11,12)13/h5-6,18H,2-4,7H2,1H3,(H,15,16). The van der Waals surface area contributed by atoms with Gasteiger partial charge < -0.3 is 15.3 Å². The van der Waals surface area contributed by atoms with Gasteiger partial charge in [-0.2, -0.15) is 13.2 Å². The first-order valence-electron chi connectivity index (χ1n) is 5.44. The van der Waals surface area contributed by atoms with Crippen LogP contribution in [0.1, 0.15) is 6.92 Å². The van der Waals surface area contributed by atoms with Crippen LogP contribution in [0, 0.1) is 0 Å². The van der Waals surface area contributed by atoms with Gasteiger partial charge in [0, 0.05) is 13.1 Å². The van der Waals surface area contributed by atoms with Crippen LogP contribution in [0.2, 0.25) is 0 Å². The zero-order valence-electron chi connectivity index (χ0n) is 9.91. The summed E-state index contributed by atoms with van der Waals surface area (Å²) in [6.45, 7) is 0.734. The van der Waals surface area contributed by atoms with Gasteiger partial charge in [0.2, 0.25) is 0 Å². The third-order valence-corrected chi connectivity index (χ3v) is 2.04. The molecule has 8 heteroatoms. The molecule has 0 amide bonds. The van der Waals surface area contributed by atoms with Crippen molar-refractivity contribution in [3.05, 3.63) is 12.4 Å². The zero-order valence-corrected chi connectivity index (χ0v) is 9.91. The molecule has 0 radical (unpaired) electrons. The predicted octanol–water partition coefficient (Wildman–Crippen LogP) is 1.27. The first-order valence-corrected chi connectivity index (χ1v) is 5.44. The van der Waals surface area contributed by atoms with Gasteiger partial charge in [0.1, 0.15) is 18.2 Å². The minimum absolute atomic E-state index is 0.0832. The fourth-order valence-corrected chi connectivity index (χ4v) is 1.39. The summed E-state index contributed by atoms with van der Waals surface area (Å²) in [7, 11) is 0. The van der Waals surface area contributed by atoms with Gasteiger partial charge in [0.25, 0.3) is 0 Å². The van der Waals surface area contributed by atoms with Gasteiger partial charge in [0.15, 0.2) is 0 Å². The second kappa shape index (κ2) is 6.39. The van der Waals surface area contributed by atoms with Crippen LogP contribution in [0.15, 0.2) is 12.4 Å². The molecule has 1 rings (SSSR count). The highest BCUT2D eigenvalue weighted by Crippen LogP contribution is 2.20. The molecule has 0 aliphatic heterocycles. The summed E-state index contributed by atoms with van der Waals surface area (Å²) < 4.78 is 37.1. The van der Waals surface area contributed by atoms with Crippen LogP contribution < -0.4 is 10.2 Å². The van der Waals surface area contributed by atoms with Crippen LogP contribution in [-0.2, 0) is 0 Å². The van der Waals surface area contributed by atoms with E-state index in [1.54, 1.807) is 0 Å². The molecule has 2 N–H and O–H groups in total. The maximum atomic E-state index is 12.4. The topological polar surface area (TPSA) is 61.3 Å². The lowest BCUT2D eigenvalue weighted by Gasteiger charge is -2.24. The molecule has 0 atom stereocenters. The SMILES string of the molecule is CCNc1cncc(N(CCO)CC(F)(F)F)n1. The van der Waals surface area contributed by atoms with E-state index in [0.717, 1.165) is 4.90 Å². The van der Waals surface area contributed by atoms with Crippen molar-refractivity contribution < 1.29 is 18.3 Å². The molecule has 0 spiro atoms. The Bertz CT molecular complexity index is 372. The van der Waals surface area contributed by atoms with E-state index in [0.29, 0.717) is 12.4 Å². The molecule has 102 valence electrons. The molecular formula is C10H15F3N4O. The van der Waals surface area contributed by atoms with E-state index < -0.39 is 12.7 Å². The monoisotopic (exact) mass is 264 g/mol. The number of alkyl halides is 3. The predicted molar refractivity (Wildman–Crippen MR) is 61.5 cm³/mol. The third-order valence-electron chi connectivity index (χ3n) is 2.04.